The van der Waals surface area contributed by atoms with Gasteiger partial charge in [-0.25, -0.2) is 4.79 Å². The van der Waals surface area contributed by atoms with E-state index in [1.807, 2.05) is 37.3 Å². The number of anilines is 2. The van der Waals surface area contributed by atoms with Crippen molar-refractivity contribution in [3.63, 3.8) is 0 Å². The van der Waals surface area contributed by atoms with Gasteiger partial charge in [-0.05, 0) is 30.7 Å². The molecule has 3 aromatic carbocycles. The maximum absolute atomic E-state index is 12.4. The van der Waals surface area contributed by atoms with Crippen LogP contribution in [0.25, 0.3) is 10.8 Å². The molecular formula is C24H24N4O4. The maximum Gasteiger partial charge on any atom is 0.414 e. The van der Waals surface area contributed by atoms with Gasteiger partial charge >= 0.3 is 6.09 Å². The molecule has 1 heterocycles. The molecule has 4 N–H and O–H groups in total. The van der Waals surface area contributed by atoms with Crippen LogP contribution in [-0.4, -0.2) is 37.1 Å². The number of fused-ring (bicyclic) bond motifs is 1. The maximum atomic E-state index is 12.4. The highest BCUT2D eigenvalue weighted by Crippen LogP contribution is 2.35. The number of carbonyl (C=O) groups is 2. The van der Waals surface area contributed by atoms with Crippen molar-refractivity contribution in [2.24, 2.45) is 5.73 Å². The van der Waals surface area contributed by atoms with E-state index in [-0.39, 0.29) is 18.3 Å². The molecule has 4 rings (SSSR count). The smallest absolute Gasteiger partial charge is 0.414 e. The molecule has 1 aliphatic heterocycles. The number of cyclic esters (lactones) is 1. The Hall–Kier alpha value is -4.07. The Labute approximate surface area is 185 Å². The van der Waals surface area contributed by atoms with Gasteiger partial charge in [-0.1, -0.05) is 36.4 Å². The third kappa shape index (κ3) is 4.20. The van der Waals surface area contributed by atoms with Gasteiger partial charge in [0.05, 0.1) is 6.54 Å². The van der Waals surface area contributed by atoms with Gasteiger partial charge in [0, 0.05) is 34.6 Å². The Morgan fingerprint density at radius 1 is 1.22 bits per heavy atom. The summed E-state index contributed by atoms with van der Waals surface area (Å²) in [5.74, 6) is 0.474. The molecule has 1 atom stereocenters. The first-order valence-corrected chi connectivity index (χ1v) is 10.2. The Morgan fingerprint density at radius 3 is 2.69 bits per heavy atom. The largest absolute Gasteiger partial charge is 0.489 e. The summed E-state index contributed by atoms with van der Waals surface area (Å²) >= 11 is 0. The minimum Gasteiger partial charge on any atom is -0.489 e. The summed E-state index contributed by atoms with van der Waals surface area (Å²) in [6.45, 7) is 3.88. The number of nitrogens with zero attached hydrogens (tertiary/aromatic N) is 1. The molecule has 8 nitrogen and oxygen atoms in total. The highest BCUT2D eigenvalue weighted by molar-refractivity contribution is 6.04. The van der Waals surface area contributed by atoms with Gasteiger partial charge in [-0.2, -0.15) is 0 Å². The molecule has 3 aromatic rings. The van der Waals surface area contributed by atoms with Crippen molar-refractivity contribution in [2.45, 2.75) is 20.0 Å². The summed E-state index contributed by atoms with van der Waals surface area (Å²) in [6, 6.07) is 16.5. The fraction of sp³-hybridized carbons (Fsp3) is 0.208. The lowest BCUT2D eigenvalue weighted by Gasteiger charge is -2.17. The molecule has 32 heavy (non-hydrogen) atoms. The van der Waals surface area contributed by atoms with Gasteiger partial charge in [0.2, 0.25) is 5.91 Å². The Bertz CT molecular complexity index is 1220. The number of nitrogens with one attached hydrogen (secondary N) is 2. The highest BCUT2D eigenvalue weighted by atomic mass is 16.6. The molecule has 164 valence electrons. The molecule has 0 aromatic heterocycles. The second kappa shape index (κ2) is 8.58. The number of carbonyl (C=O) groups excluding carboxylic acids is 2. The van der Waals surface area contributed by atoms with Crippen molar-refractivity contribution in [1.82, 2.24) is 0 Å². The molecule has 0 saturated carbocycles. The average molecular weight is 432 g/mol. The van der Waals surface area contributed by atoms with E-state index >= 15 is 0 Å². The predicted octanol–water partition coefficient (Wildman–Crippen LogP) is 3.79. The zero-order valence-corrected chi connectivity index (χ0v) is 17.8. The molecule has 1 aliphatic rings. The Kier molecular flexibility index (Phi) is 5.68. The summed E-state index contributed by atoms with van der Waals surface area (Å²) < 4.78 is 11.6. The van der Waals surface area contributed by atoms with Gasteiger partial charge in [-0.3, -0.25) is 15.1 Å². The minimum atomic E-state index is -0.470. The number of hydrogen-bond acceptors (Lipinski definition) is 5. The lowest BCUT2D eigenvalue weighted by Crippen LogP contribution is -2.27. The summed E-state index contributed by atoms with van der Waals surface area (Å²) in [7, 11) is 0. The zero-order valence-electron chi connectivity index (χ0n) is 17.8. The number of benzene rings is 3. The normalized spacial score (nSPS) is 15.5. The van der Waals surface area contributed by atoms with Crippen LogP contribution in [0.2, 0.25) is 0 Å². The molecule has 0 spiro atoms. The topological polar surface area (TPSA) is 118 Å². The van der Waals surface area contributed by atoms with E-state index in [1.54, 1.807) is 24.3 Å². The monoisotopic (exact) mass is 432 g/mol. The average Bonchev–Trinajstić information content (AvgIpc) is 3.13. The molecule has 1 fully saturated rings. The van der Waals surface area contributed by atoms with Crippen molar-refractivity contribution < 1.29 is 19.1 Å². The summed E-state index contributed by atoms with van der Waals surface area (Å²) in [5, 5.41) is 12.2. The lowest BCUT2D eigenvalue weighted by atomic mass is 10.0. The minimum absolute atomic E-state index is 0.0654. The van der Waals surface area contributed by atoms with Crippen LogP contribution in [-0.2, 0) is 9.53 Å². The first-order valence-electron chi connectivity index (χ1n) is 10.2. The predicted molar refractivity (Wildman–Crippen MR) is 124 cm³/mol. The van der Waals surface area contributed by atoms with Crippen molar-refractivity contribution in [3.05, 3.63) is 65.7 Å². The molecule has 1 saturated heterocycles. The van der Waals surface area contributed by atoms with Crippen molar-refractivity contribution in [3.8, 4) is 5.75 Å². The SMILES string of the molecule is CC(=O)Nc1cc(C)c(OCC2CN(c3cccc(C(=N)N)c3)C(=O)O2)c2ccccc12. The Morgan fingerprint density at radius 2 is 1.97 bits per heavy atom. The number of rotatable bonds is 6. The van der Waals surface area contributed by atoms with E-state index in [1.165, 1.54) is 11.8 Å². The fourth-order valence-electron chi connectivity index (χ4n) is 3.81. The van der Waals surface area contributed by atoms with E-state index in [9.17, 15) is 9.59 Å². The van der Waals surface area contributed by atoms with Crippen molar-refractivity contribution in [2.75, 3.05) is 23.4 Å². The third-order valence-electron chi connectivity index (χ3n) is 5.25. The van der Waals surface area contributed by atoms with Gasteiger partial charge < -0.3 is 20.5 Å². The lowest BCUT2D eigenvalue weighted by molar-refractivity contribution is -0.114. The number of nitrogen functional groups attached to an aromatic ring is 1. The van der Waals surface area contributed by atoms with E-state index in [0.29, 0.717) is 23.5 Å². The number of aryl methyl sites for hydroxylation is 1. The molecule has 1 unspecified atom stereocenters. The first-order chi connectivity index (χ1) is 15.3. The zero-order chi connectivity index (χ0) is 22.8. The number of nitrogens with two attached hydrogens (primary N) is 1. The van der Waals surface area contributed by atoms with E-state index in [4.69, 9.17) is 20.6 Å². The number of ether oxygens (including phenoxy) is 2. The molecule has 2 amide bonds. The van der Waals surface area contributed by atoms with Crippen LogP contribution in [0.15, 0.2) is 54.6 Å². The van der Waals surface area contributed by atoms with E-state index < -0.39 is 12.2 Å². The summed E-state index contributed by atoms with van der Waals surface area (Å²) in [4.78, 5) is 25.5. The van der Waals surface area contributed by atoms with Crippen molar-refractivity contribution in [1.29, 1.82) is 5.41 Å². The van der Waals surface area contributed by atoms with Gasteiger partial charge in [0.25, 0.3) is 0 Å². The van der Waals surface area contributed by atoms with Crippen LogP contribution in [0, 0.1) is 12.3 Å². The van der Waals surface area contributed by atoms with Crippen LogP contribution in [0.5, 0.6) is 5.75 Å². The van der Waals surface area contributed by atoms with Crippen LogP contribution in [0.1, 0.15) is 18.1 Å². The molecule has 0 aliphatic carbocycles. The van der Waals surface area contributed by atoms with Crippen LogP contribution in [0.4, 0.5) is 16.2 Å². The quantitative estimate of drug-likeness (QED) is 0.405. The van der Waals surface area contributed by atoms with Gasteiger partial charge in [0.1, 0.15) is 18.2 Å². The summed E-state index contributed by atoms with van der Waals surface area (Å²) in [5.41, 5.74) is 8.30. The van der Waals surface area contributed by atoms with Crippen molar-refractivity contribution >= 4 is 40.0 Å². The van der Waals surface area contributed by atoms with Crippen LogP contribution in [0.3, 0.4) is 0 Å². The molecule has 0 radical (unpaired) electrons. The number of amidine groups is 1. The highest BCUT2D eigenvalue weighted by Gasteiger charge is 2.33. The summed E-state index contributed by atoms with van der Waals surface area (Å²) in [6.07, 6.45) is -0.932. The second-order valence-corrected chi connectivity index (χ2v) is 7.69. The Balaban J connectivity index is 1.53. The molecule has 8 heteroatoms. The number of hydrogen-bond donors (Lipinski definition) is 3. The fourth-order valence-corrected chi connectivity index (χ4v) is 3.81. The van der Waals surface area contributed by atoms with Gasteiger partial charge in [0.15, 0.2) is 6.10 Å². The molecule has 0 bridgehead atoms. The van der Waals surface area contributed by atoms with E-state index in [2.05, 4.69) is 5.32 Å². The second-order valence-electron chi connectivity index (χ2n) is 7.69. The van der Waals surface area contributed by atoms with Crippen LogP contribution >= 0.6 is 0 Å². The molecular weight excluding hydrogens is 408 g/mol. The van der Waals surface area contributed by atoms with Crippen LogP contribution < -0.4 is 20.7 Å². The standard InChI is InChI=1S/C24H24N4O4/c1-14-10-21(27-15(2)29)19-8-3-4-9-20(19)22(14)31-13-18-12-28(24(30)32-18)17-7-5-6-16(11-17)23(25)26/h3-11,18H,12-13H2,1-2H3,(H3,25,26)(H,27,29). The first kappa shape index (κ1) is 21.2. The van der Waals surface area contributed by atoms with E-state index in [0.717, 1.165) is 22.0 Å². The third-order valence-corrected chi connectivity index (χ3v) is 5.25. The van der Waals surface area contributed by atoms with Gasteiger partial charge in [-0.15, -0.1) is 0 Å². The number of amides is 2.